The van der Waals surface area contributed by atoms with Crippen molar-refractivity contribution in [3.63, 3.8) is 0 Å². The second-order valence-corrected chi connectivity index (χ2v) is 6.03. The molecular formula is C14H21BN2O3. The fourth-order valence-corrected chi connectivity index (χ4v) is 2.04. The first kappa shape index (κ1) is 15.0. The Bertz CT molecular complexity index is 501. The largest absolute Gasteiger partial charge is 0.478 e. The number of hydrogen-bond acceptors (Lipinski definition) is 4. The molecule has 0 aromatic carbocycles. The van der Waals surface area contributed by atoms with Crippen LogP contribution in [0.5, 0.6) is 0 Å². The van der Waals surface area contributed by atoms with Gasteiger partial charge in [-0.15, -0.1) is 0 Å². The molecule has 1 aliphatic rings. The van der Waals surface area contributed by atoms with Crippen LogP contribution in [-0.2, 0) is 9.31 Å². The number of hydrogen-bond donors (Lipinski definition) is 1. The van der Waals surface area contributed by atoms with Crippen molar-refractivity contribution >= 4 is 13.0 Å². The van der Waals surface area contributed by atoms with Gasteiger partial charge in [-0.05, 0) is 46.8 Å². The Morgan fingerprint density at radius 3 is 2.45 bits per heavy atom. The van der Waals surface area contributed by atoms with Crippen LogP contribution in [0.4, 0.5) is 0 Å². The Balaban J connectivity index is 1.95. The summed E-state index contributed by atoms with van der Waals surface area (Å²) in [6, 6.07) is 3.50. The van der Waals surface area contributed by atoms with Crippen molar-refractivity contribution in [1.29, 1.82) is 0 Å². The molecule has 1 saturated heterocycles. The fourth-order valence-electron chi connectivity index (χ4n) is 2.04. The monoisotopic (exact) mass is 276 g/mol. The summed E-state index contributed by atoms with van der Waals surface area (Å²) in [6.07, 6.45) is 1.99. The summed E-state index contributed by atoms with van der Waals surface area (Å²) >= 11 is 0. The molecule has 0 unspecified atom stereocenters. The second-order valence-electron chi connectivity index (χ2n) is 6.03. The van der Waals surface area contributed by atoms with Gasteiger partial charge in [0.05, 0.1) is 23.2 Å². The molecule has 1 aromatic heterocycles. The molecule has 5 nitrogen and oxygen atoms in total. The number of aryl methyl sites for hydroxylation is 1. The average Bonchev–Trinajstić information content (AvgIpc) is 2.55. The minimum Gasteiger partial charge on any atom is -0.402 e. The van der Waals surface area contributed by atoms with E-state index in [2.05, 4.69) is 10.3 Å². The van der Waals surface area contributed by atoms with Crippen molar-refractivity contribution in [3.05, 3.63) is 29.6 Å². The van der Waals surface area contributed by atoms with Crippen molar-refractivity contribution in [2.24, 2.45) is 0 Å². The SMILES string of the molecule is Cc1ncccc1C(=O)NCB1OC(C)(C)C(C)(C)O1. The third-order valence-corrected chi connectivity index (χ3v) is 3.98. The first-order valence-corrected chi connectivity index (χ1v) is 6.78. The maximum absolute atomic E-state index is 12.1. The molecule has 0 saturated carbocycles. The fraction of sp³-hybridized carbons (Fsp3) is 0.571. The number of amides is 1. The molecule has 1 amide bonds. The molecule has 0 radical (unpaired) electrons. The molecule has 1 N–H and O–H groups in total. The summed E-state index contributed by atoms with van der Waals surface area (Å²) in [6.45, 7) is 9.75. The van der Waals surface area contributed by atoms with Crippen LogP contribution < -0.4 is 5.32 Å². The van der Waals surface area contributed by atoms with E-state index >= 15 is 0 Å². The minimum atomic E-state index is -0.430. The number of aromatic nitrogens is 1. The van der Waals surface area contributed by atoms with Gasteiger partial charge in [0.1, 0.15) is 0 Å². The first-order chi connectivity index (χ1) is 9.23. The predicted molar refractivity (Wildman–Crippen MR) is 77.4 cm³/mol. The lowest BCUT2D eigenvalue weighted by atomic mass is 9.90. The quantitative estimate of drug-likeness (QED) is 0.854. The molecule has 1 aliphatic heterocycles. The van der Waals surface area contributed by atoms with Gasteiger partial charge >= 0.3 is 7.12 Å². The van der Waals surface area contributed by atoms with Gasteiger partial charge in [0.15, 0.2) is 0 Å². The standard InChI is InChI=1S/C14H21BN2O3/c1-10-11(7-6-8-16-10)12(18)17-9-15-19-13(2,3)14(4,5)20-15/h6-8H,9H2,1-5H3,(H,17,18). The van der Waals surface area contributed by atoms with Crippen molar-refractivity contribution < 1.29 is 14.1 Å². The number of carbonyl (C=O) groups is 1. The van der Waals surface area contributed by atoms with E-state index < -0.39 is 7.12 Å². The number of carbonyl (C=O) groups excluding carboxylic acids is 1. The van der Waals surface area contributed by atoms with Crippen molar-refractivity contribution in [2.75, 3.05) is 6.44 Å². The normalized spacial score (nSPS) is 19.9. The summed E-state index contributed by atoms with van der Waals surface area (Å²) in [4.78, 5) is 16.2. The van der Waals surface area contributed by atoms with Crippen LogP contribution >= 0.6 is 0 Å². The maximum Gasteiger partial charge on any atom is 0.478 e. The van der Waals surface area contributed by atoms with Crippen LogP contribution in [0.1, 0.15) is 43.7 Å². The molecule has 1 fully saturated rings. The number of nitrogens with one attached hydrogen (secondary N) is 1. The number of pyridine rings is 1. The predicted octanol–water partition coefficient (Wildman–Crippen LogP) is 1.75. The molecule has 0 spiro atoms. The van der Waals surface area contributed by atoms with Crippen molar-refractivity contribution in [3.8, 4) is 0 Å². The summed E-state index contributed by atoms with van der Waals surface area (Å²) in [5.74, 6) is -0.162. The van der Waals surface area contributed by atoms with Crippen molar-refractivity contribution in [1.82, 2.24) is 10.3 Å². The highest BCUT2D eigenvalue weighted by Gasteiger charge is 2.50. The molecule has 2 heterocycles. The van der Waals surface area contributed by atoms with Gasteiger partial charge in [-0.3, -0.25) is 9.78 Å². The maximum atomic E-state index is 12.1. The molecule has 0 atom stereocenters. The van der Waals surface area contributed by atoms with Crippen LogP contribution in [0.15, 0.2) is 18.3 Å². The van der Waals surface area contributed by atoms with Gasteiger partial charge in [-0.25, -0.2) is 0 Å². The zero-order valence-corrected chi connectivity index (χ0v) is 12.7. The van der Waals surface area contributed by atoms with Gasteiger partial charge in [0.25, 0.3) is 5.91 Å². The lowest BCUT2D eigenvalue weighted by Gasteiger charge is -2.32. The van der Waals surface area contributed by atoms with E-state index in [1.165, 1.54) is 0 Å². The molecule has 2 rings (SSSR count). The molecule has 1 aromatic rings. The molecular weight excluding hydrogens is 255 g/mol. The van der Waals surface area contributed by atoms with Gasteiger partial charge in [0.2, 0.25) is 0 Å². The molecule has 0 bridgehead atoms. The van der Waals surface area contributed by atoms with Gasteiger partial charge < -0.3 is 14.6 Å². The van der Waals surface area contributed by atoms with E-state index in [0.717, 1.165) is 0 Å². The summed E-state index contributed by atoms with van der Waals surface area (Å²) in [7, 11) is -0.430. The zero-order valence-electron chi connectivity index (χ0n) is 12.7. The third-order valence-electron chi connectivity index (χ3n) is 3.98. The highest BCUT2D eigenvalue weighted by Crippen LogP contribution is 2.36. The van der Waals surface area contributed by atoms with Crippen LogP contribution in [-0.4, -0.2) is 35.7 Å². The molecule has 20 heavy (non-hydrogen) atoms. The molecule has 6 heteroatoms. The van der Waals surface area contributed by atoms with E-state index in [9.17, 15) is 4.79 Å². The summed E-state index contributed by atoms with van der Waals surface area (Å²) in [5, 5.41) is 2.83. The highest BCUT2D eigenvalue weighted by molar-refractivity contribution is 6.46. The van der Waals surface area contributed by atoms with E-state index in [1.807, 2.05) is 34.6 Å². The summed E-state index contributed by atoms with van der Waals surface area (Å²) < 4.78 is 11.7. The van der Waals surface area contributed by atoms with E-state index in [4.69, 9.17) is 9.31 Å². The van der Waals surface area contributed by atoms with Gasteiger partial charge in [0, 0.05) is 11.9 Å². The van der Waals surface area contributed by atoms with E-state index in [0.29, 0.717) is 17.7 Å². The topological polar surface area (TPSA) is 60.5 Å². The Morgan fingerprint density at radius 2 is 1.90 bits per heavy atom. The minimum absolute atomic E-state index is 0.162. The Labute approximate surface area is 120 Å². The Hall–Kier alpha value is -1.40. The van der Waals surface area contributed by atoms with E-state index in [-0.39, 0.29) is 17.1 Å². The number of rotatable bonds is 3. The summed E-state index contributed by atoms with van der Waals surface area (Å²) in [5.41, 5.74) is 0.516. The second kappa shape index (κ2) is 5.18. The first-order valence-electron chi connectivity index (χ1n) is 6.78. The van der Waals surface area contributed by atoms with Crippen LogP contribution in [0, 0.1) is 6.92 Å². The lowest BCUT2D eigenvalue weighted by Crippen LogP contribution is -2.41. The average molecular weight is 276 g/mol. The number of nitrogens with zero attached hydrogens (tertiary/aromatic N) is 1. The van der Waals surface area contributed by atoms with Crippen LogP contribution in [0.25, 0.3) is 0 Å². The van der Waals surface area contributed by atoms with E-state index in [1.54, 1.807) is 18.3 Å². The molecule has 0 aliphatic carbocycles. The zero-order chi connectivity index (χ0) is 15.0. The molecule has 108 valence electrons. The lowest BCUT2D eigenvalue weighted by molar-refractivity contribution is 0.00578. The van der Waals surface area contributed by atoms with Gasteiger partial charge in [-0.2, -0.15) is 0 Å². The van der Waals surface area contributed by atoms with Crippen LogP contribution in [0.2, 0.25) is 0 Å². The Morgan fingerprint density at radius 1 is 1.30 bits per heavy atom. The Kier molecular flexibility index (Phi) is 3.89. The third kappa shape index (κ3) is 2.86. The van der Waals surface area contributed by atoms with Gasteiger partial charge in [-0.1, -0.05) is 0 Å². The van der Waals surface area contributed by atoms with Crippen molar-refractivity contribution in [2.45, 2.75) is 45.8 Å². The smallest absolute Gasteiger partial charge is 0.402 e. The highest BCUT2D eigenvalue weighted by atomic mass is 16.7. The van der Waals surface area contributed by atoms with Crippen LogP contribution in [0.3, 0.4) is 0 Å².